The number of amides is 2. The quantitative estimate of drug-likeness (QED) is 0.725. The molecule has 7 nitrogen and oxygen atoms in total. The van der Waals surface area contributed by atoms with Crippen LogP contribution in [-0.4, -0.2) is 35.0 Å². The van der Waals surface area contributed by atoms with Crippen molar-refractivity contribution in [3.05, 3.63) is 59.7 Å². The smallest absolute Gasteiger partial charge is 0.326 e. The molecule has 3 rings (SSSR count). The lowest BCUT2D eigenvalue weighted by Gasteiger charge is -2.14. The molecule has 0 spiro atoms. The Hall–Kier alpha value is -3.35. The second kappa shape index (κ2) is 7.90. The molecule has 1 aliphatic heterocycles. The normalized spacial score (nSPS) is 16.0. The van der Waals surface area contributed by atoms with Crippen LogP contribution in [0.25, 0.3) is 0 Å². The number of rotatable bonds is 6. The third-order valence-corrected chi connectivity index (χ3v) is 4.34. The van der Waals surface area contributed by atoms with E-state index in [9.17, 15) is 14.4 Å². The molecule has 1 heterocycles. The molecule has 0 aromatic heterocycles. The van der Waals surface area contributed by atoms with Crippen LogP contribution in [0.15, 0.2) is 48.5 Å². The van der Waals surface area contributed by atoms with Crippen LogP contribution >= 0.6 is 0 Å². The van der Waals surface area contributed by atoms with Gasteiger partial charge in [0.15, 0.2) is 6.10 Å². The predicted molar refractivity (Wildman–Crippen MR) is 98.8 cm³/mol. The molecule has 0 saturated heterocycles. The second-order valence-electron chi connectivity index (χ2n) is 6.26. The summed E-state index contributed by atoms with van der Waals surface area (Å²) < 4.78 is 5.66. The first-order valence-corrected chi connectivity index (χ1v) is 8.67. The molecule has 2 amide bonds. The third-order valence-electron chi connectivity index (χ3n) is 4.34. The summed E-state index contributed by atoms with van der Waals surface area (Å²) in [5.74, 6) is -1.20. The minimum absolute atomic E-state index is 0.267. The number of ether oxygens (including phenoxy) is 1. The van der Waals surface area contributed by atoms with E-state index in [0.717, 1.165) is 5.56 Å². The number of benzene rings is 2. The molecular weight excluding hydrogens is 348 g/mol. The molecule has 140 valence electrons. The number of aliphatic carboxylic acids is 1. The first kappa shape index (κ1) is 18.4. The van der Waals surface area contributed by atoms with Gasteiger partial charge in [-0.15, -0.1) is 0 Å². The monoisotopic (exact) mass is 368 g/mol. The molecular formula is C20H20N2O5. The van der Waals surface area contributed by atoms with Crippen LogP contribution in [0.2, 0.25) is 0 Å². The van der Waals surface area contributed by atoms with E-state index >= 15 is 0 Å². The fourth-order valence-corrected chi connectivity index (χ4v) is 2.87. The lowest BCUT2D eigenvalue weighted by atomic mass is 10.1. The van der Waals surface area contributed by atoms with Crippen LogP contribution in [0.4, 0.5) is 5.69 Å². The van der Waals surface area contributed by atoms with Gasteiger partial charge in [-0.1, -0.05) is 31.2 Å². The Balaban J connectivity index is 1.65. The van der Waals surface area contributed by atoms with Gasteiger partial charge in [0, 0.05) is 17.7 Å². The first-order valence-electron chi connectivity index (χ1n) is 8.67. The maximum absolute atomic E-state index is 12.5. The van der Waals surface area contributed by atoms with Gasteiger partial charge in [0.1, 0.15) is 11.8 Å². The number of hydrogen-bond donors (Lipinski definition) is 3. The van der Waals surface area contributed by atoms with Crippen molar-refractivity contribution >= 4 is 23.5 Å². The zero-order chi connectivity index (χ0) is 19.4. The first-order chi connectivity index (χ1) is 13.0. The molecule has 3 N–H and O–H groups in total. The van der Waals surface area contributed by atoms with Gasteiger partial charge in [-0.25, -0.2) is 4.79 Å². The van der Waals surface area contributed by atoms with Crippen molar-refractivity contribution in [3.8, 4) is 5.75 Å². The molecule has 2 aromatic rings. The van der Waals surface area contributed by atoms with E-state index in [1.54, 1.807) is 25.1 Å². The highest BCUT2D eigenvalue weighted by atomic mass is 16.5. The van der Waals surface area contributed by atoms with Gasteiger partial charge < -0.3 is 20.5 Å². The zero-order valence-electron chi connectivity index (χ0n) is 14.8. The minimum atomic E-state index is -1.09. The number of anilines is 1. The summed E-state index contributed by atoms with van der Waals surface area (Å²) in [7, 11) is 0. The molecule has 27 heavy (non-hydrogen) atoms. The van der Waals surface area contributed by atoms with Gasteiger partial charge in [0.2, 0.25) is 0 Å². The van der Waals surface area contributed by atoms with E-state index in [4.69, 9.17) is 9.84 Å². The number of carboxylic acids is 1. The van der Waals surface area contributed by atoms with Crippen LogP contribution in [0.5, 0.6) is 5.75 Å². The van der Waals surface area contributed by atoms with E-state index in [1.807, 2.05) is 24.3 Å². The average Bonchev–Trinajstić information content (AvgIpc) is 3.10. The van der Waals surface area contributed by atoms with Crippen molar-refractivity contribution in [1.82, 2.24) is 5.32 Å². The van der Waals surface area contributed by atoms with Crippen LogP contribution in [0.3, 0.4) is 0 Å². The Bertz CT molecular complexity index is 855. The van der Waals surface area contributed by atoms with Crippen molar-refractivity contribution in [1.29, 1.82) is 0 Å². The number of nitrogens with one attached hydrogen (secondary N) is 2. The van der Waals surface area contributed by atoms with Crippen molar-refractivity contribution in [3.63, 3.8) is 0 Å². The molecule has 2 atom stereocenters. The van der Waals surface area contributed by atoms with Crippen LogP contribution in [0, 0.1) is 0 Å². The largest absolute Gasteiger partial charge is 0.480 e. The van der Waals surface area contributed by atoms with Gasteiger partial charge in [-0.2, -0.15) is 0 Å². The Morgan fingerprint density at radius 2 is 1.96 bits per heavy atom. The Kier molecular flexibility index (Phi) is 5.40. The molecule has 2 unspecified atom stereocenters. The van der Waals surface area contributed by atoms with E-state index in [1.165, 1.54) is 6.07 Å². The number of para-hydroxylation sites is 1. The topological polar surface area (TPSA) is 105 Å². The van der Waals surface area contributed by atoms with Gasteiger partial charge in [0.05, 0.1) is 0 Å². The van der Waals surface area contributed by atoms with E-state index in [-0.39, 0.29) is 17.9 Å². The molecule has 0 saturated carbocycles. The Labute approximate surface area is 156 Å². The van der Waals surface area contributed by atoms with Gasteiger partial charge in [0.25, 0.3) is 11.8 Å². The molecule has 0 fully saturated rings. The molecule has 0 aliphatic carbocycles. The maximum Gasteiger partial charge on any atom is 0.326 e. The molecule has 0 bridgehead atoms. The predicted octanol–water partition coefficient (Wildman–Crippen LogP) is 2.22. The average molecular weight is 368 g/mol. The molecule has 1 aliphatic rings. The van der Waals surface area contributed by atoms with E-state index < -0.39 is 24.0 Å². The van der Waals surface area contributed by atoms with Crippen molar-refractivity contribution in [2.45, 2.75) is 31.9 Å². The fourth-order valence-electron chi connectivity index (χ4n) is 2.87. The third kappa shape index (κ3) is 4.25. The van der Waals surface area contributed by atoms with Crippen LogP contribution in [0.1, 0.15) is 29.3 Å². The zero-order valence-corrected chi connectivity index (χ0v) is 14.8. The molecule has 7 heteroatoms. The molecule has 2 aromatic carbocycles. The summed E-state index contributed by atoms with van der Waals surface area (Å²) in [4.78, 5) is 35.8. The number of carboxylic acid groups (broad SMARTS) is 1. The van der Waals surface area contributed by atoms with Crippen LogP contribution < -0.4 is 15.4 Å². The van der Waals surface area contributed by atoms with Gasteiger partial charge >= 0.3 is 5.97 Å². The summed E-state index contributed by atoms with van der Waals surface area (Å²) in [5, 5.41) is 14.3. The van der Waals surface area contributed by atoms with Gasteiger partial charge in [-0.3, -0.25) is 9.59 Å². The summed E-state index contributed by atoms with van der Waals surface area (Å²) in [6.45, 7) is 1.68. The summed E-state index contributed by atoms with van der Waals surface area (Å²) in [6.07, 6.45) is 0.132. The van der Waals surface area contributed by atoms with Crippen molar-refractivity contribution in [2.24, 2.45) is 0 Å². The lowest BCUT2D eigenvalue weighted by Crippen LogP contribution is -2.40. The highest BCUT2D eigenvalue weighted by Crippen LogP contribution is 2.28. The SMILES string of the molecule is CCC(NC(=O)c1cccc(NC(=O)C2Cc3ccccc3O2)c1)C(=O)O. The Morgan fingerprint density at radius 3 is 2.67 bits per heavy atom. The standard InChI is InChI=1S/C20H20N2O5/c1-2-15(20(25)26)22-18(23)13-7-5-8-14(10-13)21-19(24)17-11-12-6-3-4-9-16(12)27-17/h3-10,15,17H,2,11H2,1H3,(H,21,24)(H,22,23)(H,25,26). The number of carbonyl (C=O) groups is 3. The molecule has 0 radical (unpaired) electrons. The fraction of sp³-hybridized carbons (Fsp3) is 0.250. The van der Waals surface area contributed by atoms with E-state index in [2.05, 4.69) is 10.6 Å². The summed E-state index contributed by atoms with van der Waals surface area (Å²) >= 11 is 0. The number of hydrogen-bond acceptors (Lipinski definition) is 4. The lowest BCUT2D eigenvalue weighted by molar-refractivity contribution is -0.139. The van der Waals surface area contributed by atoms with Crippen LogP contribution in [-0.2, 0) is 16.0 Å². The second-order valence-corrected chi connectivity index (χ2v) is 6.26. The number of fused-ring (bicyclic) bond motifs is 1. The highest BCUT2D eigenvalue weighted by molar-refractivity contribution is 5.99. The van der Waals surface area contributed by atoms with Crippen molar-refractivity contribution < 1.29 is 24.2 Å². The maximum atomic E-state index is 12.5. The number of carbonyl (C=O) groups excluding carboxylic acids is 2. The Morgan fingerprint density at radius 1 is 1.19 bits per heavy atom. The highest BCUT2D eigenvalue weighted by Gasteiger charge is 2.29. The summed E-state index contributed by atoms with van der Waals surface area (Å²) in [5.41, 5.74) is 1.68. The van der Waals surface area contributed by atoms with E-state index in [0.29, 0.717) is 17.9 Å². The summed E-state index contributed by atoms with van der Waals surface area (Å²) in [6, 6.07) is 12.9. The minimum Gasteiger partial charge on any atom is -0.480 e. The van der Waals surface area contributed by atoms with Crippen molar-refractivity contribution in [2.75, 3.05) is 5.32 Å². The van der Waals surface area contributed by atoms with Gasteiger partial charge in [-0.05, 0) is 36.2 Å².